The number of carbonyl (C=O) groups is 2. The summed E-state index contributed by atoms with van der Waals surface area (Å²) in [5, 5.41) is 10.2. The number of aromatic hydroxyl groups is 1. The fourth-order valence-corrected chi connectivity index (χ4v) is 3.65. The van der Waals surface area contributed by atoms with E-state index in [0.717, 1.165) is 0 Å². The van der Waals surface area contributed by atoms with E-state index in [4.69, 9.17) is 0 Å². The molecular formula is C16H11BrN2O5S. The zero-order chi connectivity index (χ0) is 18.2. The molecule has 0 spiro atoms. The van der Waals surface area contributed by atoms with Crippen molar-refractivity contribution in [3.8, 4) is 5.88 Å². The molecule has 2 aromatic carbocycles. The lowest BCUT2D eigenvalue weighted by molar-refractivity contribution is -0.115. The molecule has 128 valence electrons. The first-order valence-corrected chi connectivity index (χ1v) is 9.24. The summed E-state index contributed by atoms with van der Waals surface area (Å²) >= 11 is 3.24. The molecule has 9 heteroatoms. The van der Waals surface area contributed by atoms with Gasteiger partial charge >= 0.3 is 5.91 Å². The lowest BCUT2D eigenvalue weighted by atomic mass is 10.1. The van der Waals surface area contributed by atoms with Gasteiger partial charge in [0.15, 0.2) is 0 Å². The van der Waals surface area contributed by atoms with E-state index in [1.54, 1.807) is 22.9 Å². The summed E-state index contributed by atoms with van der Waals surface area (Å²) in [4.78, 5) is 26.9. The molecule has 1 amide bonds. The number of ketones is 1. The van der Waals surface area contributed by atoms with Crippen molar-refractivity contribution in [3.05, 3.63) is 58.6 Å². The molecule has 0 aliphatic heterocycles. The summed E-state index contributed by atoms with van der Waals surface area (Å²) in [5.41, 5.74) is 0.139. The first kappa shape index (κ1) is 17.2. The Bertz CT molecular complexity index is 1090. The number of aromatic nitrogens is 1. The second-order valence-corrected chi connectivity index (χ2v) is 7.71. The van der Waals surface area contributed by atoms with Gasteiger partial charge in [-0.3, -0.25) is 9.59 Å². The third-order valence-electron chi connectivity index (χ3n) is 3.45. The zero-order valence-corrected chi connectivity index (χ0v) is 14.9. The Balaban J connectivity index is 1.95. The molecule has 3 aromatic rings. The van der Waals surface area contributed by atoms with Crippen LogP contribution in [0.2, 0.25) is 0 Å². The van der Waals surface area contributed by atoms with Gasteiger partial charge in [0, 0.05) is 15.4 Å². The van der Waals surface area contributed by atoms with Gasteiger partial charge in [-0.2, -0.15) is 0 Å². The number of benzene rings is 2. The molecule has 0 saturated carbocycles. The average molecular weight is 423 g/mol. The maximum Gasteiger partial charge on any atom is 0.306 e. The Morgan fingerprint density at radius 1 is 1.08 bits per heavy atom. The van der Waals surface area contributed by atoms with Gasteiger partial charge in [-0.1, -0.05) is 34.1 Å². The number of Topliss-reactive ketones (excluding diaryl/α,β-unsaturated/α-hetero) is 1. The Labute approximate surface area is 150 Å². The first-order valence-electron chi connectivity index (χ1n) is 6.96. The van der Waals surface area contributed by atoms with E-state index < -0.39 is 27.6 Å². The first-order chi connectivity index (χ1) is 11.8. The van der Waals surface area contributed by atoms with Crippen molar-refractivity contribution in [3.63, 3.8) is 0 Å². The number of fused-ring (bicyclic) bond motifs is 1. The maximum atomic E-state index is 12.4. The van der Waals surface area contributed by atoms with E-state index in [1.165, 1.54) is 30.3 Å². The second-order valence-electron chi connectivity index (χ2n) is 5.12. The number of sulfonamides is 1. The molecule has 25 heavy (non-hydrogen) atoms. The smallest absolute Gasteiger partial charge is 0.306 e. The predicted molar refractivity (Wildman–Crippen MR) is 93.8 cm³/mol. The molecule has 0 aliphatic carbocycles. The van der Waals surface area contributed by atoms with Crippen molar-refractivity contribution in [1.29, 1.82) is 0 Å². The number of carbonyl (C=O) groups excluding carboxylic acids is 2. The van der Waals surface area contributed by atoms with Gasteiger partial charge in [-0.05, 0) is 30.3 Å². The monoisotopic (exact) mass is 422 g/mol. The van der Waals surface area contributed by atoms with E-state index in [2.05, 4.69) is 20.9 Å². The number of aromatic amines is 1. The van der Waals surface area contributed by atoms with E-state index >= 15 is 0 Å². The average Bonchev–Trinajstić information content (AvgIpc) is 2.89. The number of amides is 1. The summed E-state index contributed by atoms with van der Waals surface area (Å²) < 4.78 is 26.7. The van der Waals surface area contributed by atoms with Gasteiger partial charge < -0.3 is 10.1 Å². The van der Waals surface area contributed by atoms with Gasteiger partial charge in [0.1, 0.15) is 0 Å². The van der Waals surface area contributed by atoms with Crippen molar-refractivity contribution in [2.45, 2.75) is 4.90 Å². The van der Waals surface area contributed by atoms with Crippen LogP contribution in [0.25, 0.3) is 10.9 Å². The fourth-order valence-electron chi connectivity index (χ4n) is 2.32. The molecule has 1 heterocycles. The molecule has 0 unspecified atom stereocenters. The molecule has 3 N–H and O–H groups in total. The van der Waals surface area contributed by atoms with Crippen LogP contribution in [0, 0.1) is 0 Å². The van der Waals surface area contributed by atoms with Crippen LogP contribution in [-0.2, 0) is 14.8 Å². The summed E-state index contributed by atoms with van der Waals surface area (Å²) in [7, 11) is -4.19. The number of halogens is 1. The third kappa shape index (κ3) is 3.28. The van der Waals surface area contributed by atoms with Crippen molar-refractivity contribution < 1.29 is 23.1 Å². The highest BCUT2D eigenvalue weighted by Crippen LogP contribution is 2.30. The molecule has 1 aromatic heterocycles. The van der Waals surface area contributed by atoms with Crippen molar-refractivity contribution in [1.82, 2.24) is 9.71 Å². The number of hydrogen-bond acceptors (Lipinski definition) is 5. The van der Waals surface area contributed by atoms with Gasteiger partial charge in [-0.25, -0.2) is 13.1 Å². The summed E-state index contributed by atoms with van der Waals surface area (Å²) in [6, 6.07) is 12.0. The highest BCUT2D eigenvalue weighted by molar-refractivity contribution is 9.10. The Kier molecular flexibility index (Phi) is 4.36. The third-order valence-corrected chi connectivity index (χ3v) is 5.29. The van der Waals surface area contributed by atoms with Crippen LogP contribution in [0.5, 0.6) is 5.88 Å². The largest absolute Gasteiger partial charge is 0.494 e. The molecular weight excluding hydrogens is 412 g/mol. The normalized spacial score (nSPS) is 11.4. The summed E-state index contributed by atoms with van der Waals surface area (Å²) in [6.07, 6.45) is 0. The quantitative estimate of drug-likeness (QED) is 0.440. The van der Waals surface area contributed by atoms with Gasteiger partial charge in [-0.15, -0.1) is 0 Å². The van der Waals surface area contributed by atoms with Crippen LogP contribution in [-0.4, -0.2) is 30.2 Å². The van der Waals surface area contributed by atoms with Crippen LogP contribution in [0.15, 0.2) is 57.9 Å². The molecule has 0 atom stereocenters. The number of hydrogen-bond donors (Lipinski definition) is 3. The lowest BCUT2D eigenvalue weighted by Gasteiger charge is -2.06. The molecule has 0 bridgehead atoms. The van der Waals surface area contributed by atoms with Crippen LogP contribution >= 0.6 is 15.9 Å². The summed E-state index contributed by atoms with van der Waals surface area (Å²) in [6.45, 7) is 0. The standard InChI is InChI=1S/C16H11BrN2O5S/c17-9-6-7-12-11(8-9)13(15(21)18-12)14(20)16(22)19-25(23,24)10-4-2-1-3-5-10/h1-8,18,21H,(H,19,22). The van der Waals surface area contributed by atoms with Gasteiger partial charge in [0.25, 0.3) is 15.8 Å². The van der Waals surface area contributed by atoms with Crippen molar-refractivity contribution >= 4 is 48.5 Å². The van der Waals surface area contributed by atoms with Crippen molar-refractivity contribution in [2.24, 2.45) is 0 Å². The molecule has 0 radical (unpaired) electrons. The highest BCUT2D eigenvalue weighted by Gasteiger charge is 2.28. The molecule has 0 fully saturated rings. The topological polar surface area (TPSA) is 116 Å². The number of rotatable bonds is 4. The summed E-state index contributed by atoms with van der Waals surface area (Å²) in [5.74, 6) is -3.04. The second kappa shape index (κ2) is 6.34. The Morgan fingerprint density at radius 2 is 1.76 bits per heavy atom. The molecule has 3 rings (SSSR count). The minimum absolute atomic E-state index is 0.151. The number of nitrogens with one attached hydrogen (secondary N) is 2. The number of H-pyrrole nitrogens is 1. The Hall–Kier alpha value is -2.65. The van der Waals surface area contributed by atoms with E-state index in [1.807, 2.05) is 0 Å². The van der Waals surface area contributed by atoms with Crippen LogP contribution in [0.4, 0.5) is 0 Å². The van der Waals surface area contributed by atoms with E-state index in [0.29, 0.717) is 15.4 Å². The van der Waals surface area contributed by atoms with Crippen molar-refractivity contribution in [2.75, 3.05) is 0 Å². The SMILES string of the molecule is O=C(NS(=O)(=O)c1ccccc1)C(=O)c1c(O)[nH]c2ccc(Br)cc12. The molecule has 0 saturated heterocycles. The lowest BCUT2D eigenvalue weighted by Crippen LogP contribution is -2.36. The van der Waals surface area contributed by atoms with Gasteiger partial charge in [0.2, 0.25) is 5.88 Å². The molecule has 0 aliphatic rings. The molecule has 7 nitrogen and oxygen atoms in total. The predicted octanol–water partition coefficient (Wildman–Crippen LogP) is 2.32. The van der Waals surface area contributed by atoms with E-state index in [-0.39, 0.29) is 10.5 Å². The van der Waals surface area contributed by atoms with Crippen LogP contribution in [0.1, 0.15) is 10.4 Å². The van der Waals surface area contributed by atoms with Gasteiger partial charge in [0.05, 0.1) is 10.5 Å². The fraction of sp³-hybridized carbons (Fsp3) is 0. The van der Waals surface area contributed by atoms with Crippen LogP contribution < -0.4 is 4.72 Å². The zero-order valence-electron chi connectivity index (χ0n) is 12.5. The highest BCUT2D eigenvalue weighted by atomic mass is 79.9. The van der Waals surface area contributed by atoms with Crippen LogP contribution in [0.3, 0.4) is 0 Å². The van der Waals surface area contributed by atoms with E-state index in [9.17, 15) is 23.1 Å². The minimum atomic E-state index is -4.19. The maximum absolute atomic E-state index is 12.4. The Morgan fingerprint density at radius 3 is 2.44 bits per heavy atom. The minimum Gasteiger partial charge on any atom is -0.494 e.